The highest BCUT2D eigenvalue weighted by Gasteiger charge is 2.24. The molecule has 1 aromatic carbocycles. The number of hydrogen-bond acceptors (Lipinski definition) is 1. The number of phenols is 1. The second-order valence-corrected chi connectivity index (χ2v) is 10.6. The summed E-state index contributed by atoms with van der Waals surface area (Å²) in [7, 11) is -1.45. The molecule has 1 N–H and O–H groups in total. The van der Waals surface area contributed by atoms with Gasteiger partial charge in [0.05, 0.1) is 8.07 Å². The molecular weight excluding hydrogens is 200 g/mol. The van der Waals surface area contributed by atoms with Crippen LogP contribution in [0.4, 0.5) is 0 Å². The minimum absolute atomic E-state index is 0.390. The highest BCUT2D eigenvalue weighted by atomic mass is 28.3. The van der Waals surface area contributed by atoms with Gasteiger partial charge in [-0.15, -0.1) is 0 Å². The fourth-order valence-electron chi connectivity index (χ4n) is 2.12. The molecule has 0 amide bonds. The van der Waals surface area contributed by atoms with Crippen LogP contribution >= 0.6 is 0 Å². The van der Waals surface area contributed by atoms with Gasteiger partial charge in [-0.05, 0) is 29.2 Å². The van der Waals surface area contributed by atoms with Gasteiger partial charge in [0.25, 0.3) is 0 Å². The lowest BCUT2D eigenvalue weighted by Gasteiger charge is -2.23. The van der Waals surface area contributed by atoms with E-state index in [4.69, 9.17) is 0 Å². The van der Waals surface area contributed by atoms with E-state index in [1.807, 2.05) is 0 Å². The van der Waals surface area contributed by atoms with Crippen LogP contribution in [0.3, 0.4) is 0 Å². The van der Waals surface area contributed by atoms with Gasteiger partial charge in [0, 0.05) is 0 Å². The molecule has 2 heteroatoms. The van der Waals surface area contributed by atoms with E-state index in [-0.39, 0.29) is 0 Å². The molecule has 0 aliphatic heterocycles. The molecule has 0 heterocycles. The molecule has 84 valence electrons. The summed E-state index contributed by atoms with van der Waals surface area (Å²) in [5.74, 6) is 0.935. The Morgan fingerprint density at radius 2 is 1.67 bits per heavy atom. The lowest BCUT2D eigenvalue weighted by molar-refractivity contribution is 0.468. The van der Waals surface area contributed by atoms with Crippen molar-refractivity contribution in [2.75, 3.05) is 0 Å². The molecule has 0 aliphatic rings. The van der Waals surface area contributed by atoms with E-state index in [0.29, 0.717) is 11.7 Å². The van der Waals surface area contributed by atoms with Crippen LogP contribution in [0.5, 0.6) is 5.75 Å². The van der Waals surface area contributed by atoms with Crippen molar-refractivity contribution in [3.63, 3.8) is 0 Å². The van der Waals surface area contributed by atoms with Crippen molar-refractivity contribution in [1.82, 2.24) is 0 Å². The van der Waals surface area contributed by atoms with Crippen molar-refractivity contribution in [2.24, 2.45) is 0 Å². The molecule has 0 aliphatic carbocycles. The average molecular weight is 222 g/mol. The highest BCUT2D eigenvalue weighted by molar-refractivity contribution is 6.89. The fraction of sp³-hybridized carbons (Fsp3) is 0.538. The second kappa shape index (κ2) is 4.01. The van der Waals surface area contributed by atoms with Crippen molar-refractivity contribution in [3.8, 4) is 5.75 Å². The van der Waals surface area contributed by atoms with E-state index in [1.54, 1.807) is 0 Å². The van der Waals surface area contributed by atoms with Crippen molar-refractivity contribution >= 4 is 13.3 Å². The predicted molar refractivity (Wildman–Crippen MR) is 69.9 cm³/mol. The summed E-state index contributed by atoms with van der Waals surface area (Å²) in [5, 5.41) is 11.5. The maximum absolute atomic E-state index is 10.3. The first-order chi connectivity index (χ1) is 6.75. The maximum atomic E-state index is 10.3. The molecule has 0 spiro atoms. The van der Waals surface area contributed by atoms with Crippen LogP contribution in [0.15, 0.2) is 12.1 Å². The van der Waals surface area contributed by atoms with Gasteiger partial charge < -0.3 is 5.11 Å². The van der Waals surface area contributed by atoms with Gasteiger partial charge in [-0.2, -0.15) is 0 Å². The number of aromatic hydroxyl groups is 1. The third kappa shape index (κ3) is 2.43. The SMILES string of the molecule is Cc1ccc(C(C)C)c(O)c1[Si](C)(C)C. The van der Waals surface area contributed by atoms with Gasteiger partial charge in [0.15, 0.2) is 0 Å². The zero-order chi connectivity index (χ0) is 11.8. The third-order valence-electron chi connectivity index (χ3n) is 2.79. The summed E-state index contributed by atoms with van der Waals surface area (Å²) in [6, 6.07) is 4.20. The Kier molecular flexibility index (Phi) is 3.29. The molecule has 0 bridgehead atoms. The van der Waals surface area contributed by atoms with Crippen LogP contribution < -0.4 is 5.19 Å². The molecule has 0 saturated heterocycles. The van der Waals surface area contributed by atoms with Crippen molar-refractivity contribution in [2.45, 2.75) is 46.3 Å². The Morgan fingerprint density at radius 3 is 2.07 bits per heavy atom. The van der Waals surface area contributed by atoms with Gasteiger partial charge in [-0.25, -0.2) is 0 Å². The molecule has 1 nitrogen and oxygen atoms in total. The van der Waals surface area contributed by atoms with E-state index in [0.717, 1.165) is 5.56 Å². The maximum Gasteiger partial charge on any atom is 0.118 e. The molecule has 1 aromatic rings. The molecule has 0 aromatic heterocycles. The molecule has 15 heavy (non-hydrogen) atoms. The lowest BCUT2D eigenvalue weighted by Crippen LogP contribution is -2.40. The van der Waals surface area contributed by atoms with Gasteiger partial charge in [0.1, 0.15) is 5.75 Å². The normalized spacial score (nSPS) is 12.2. The van der Waals surface area contributed by atoms with Crippen molar-refractivity contribution in [1.29, 1.82) is 0 Å². The Morgan fingerprint density at radius 1 is 1.13 bits per heavy atom. The number of rotatable bonds is 2. The van der Waals surface area contributed by atoms with Crippen LogP contribution in [0.1, 0.15) is 30.9 Å². The molecule has 0 unspecified atom stereocenters. The standard InChI is InChI=1S/C13H22OSi/c1-9(2)11-8-7-10(3)13(12(11)14)15(4,5)6/h7-9,14H,1-6H3. The zero-order valence-electron chi connectivity index (χ0n) is 10.7. The molecule has 0 radical (unpaired) electrons. The summed E-state index contributed by atoms with van der Waals surface area (Å²) in [6.45, 7) is 13.2. The van der Waals surface area contributed by atoms with Crippen LogP contribution in [-0.2, 0) is 0 Å². The van der Waals surface area contributed by atoms with Gasteiger partial charge in [-0.1, -0.05) is 45.6 Å². The number of hydrogen-bond donors (Lipinski definition) is 1. The zero-order valence-corrected chi connectivity index (χ0v) is 11.7. The van der Waals surface area contributed by atoms with Crippen LogP contribution in [0.25, 0.3) is 0 Å². The van der Waals surface area contributed by atoms with Crippen molar-refractivity contribution in [3.05, 3.63) is 23.3 Å². The Hall–Kier alpha value is -0.763. The number of benzene rings is 1. The van der Waals surface area contributed by atoms with Gasteiger partial charge in [0.2, 0.25) is 0 Å². The minimum atomic E-state index is -1.45. The first-order valence-electron chi connectivity index (χ1n) is 5.58. The smallest absolute Gasteiger partial charge is 0.118 e. The van der Waals surface area contributed by atoms with Crippen LogP contribution in [0, 0.1) is 6.92 Å². The predicted octanol–water partition coefficient (Wildman–Crippen LogP) is 3.37. The van der Waals surface area contributed by atoms with E-state index in [1.165, 1.54) is 10.8 Å². The minimum Gasteiger partial charge on any atom is -0.508 e. The molecular formula is C13H22OSi. The summed E-state index contributed by atoms with van der Waals surface area (Å²) >= 11 is 0. The van der Waals surface area contributed by atoms with Crippen LogP contribution in [0.2, 0.25) is 19.6 Å². The molecule has 1 rings (SSSR count). The summed E-state index contributed by atoms with van der Waals surface area (Å²) in [4.78, 5) is 0. The summed E-state index contributed by atoms with van der Waals surface area (Å²) in [6.07, 6.45) is 0. The van der Waals surface area contributed by atoms with Gasteiger partial charge >= 0.3 is 0 Å². The van der Waals surface area contributed by atoms with E-state index < -0.39 is 8.07 Å². The first-order valence-corrected chi connectivity index (χ1v) is 9.08. The van der Waals surface area contributed by atoms with E-state index in [9.17, 15) is 5.11 Å². The molecule has 0 fully saturated rings. The highest BCUT2D eigenvalue weighted by Crippen LogP contribution is 2.27. The second-order valence-electron chi connectivity index (χ2n) is 5.60. The van der Waals surface area contributed by atoms with Gasteiger partial charge in [-0.3, -0.25) is 0 Å². The Bertz CT molecular complexity index is 362. The Labute approximate surface area is 94.2 Å². The average Bonchev–Trinajstić information content (AvgIpc) is 2.00. The summed E-state index contributed by atoms with van der Waals surface area (Å²) in [5.41, 5.74) is 2.31. The fourth-order valence-corrected chi connectivity index (χ4v) is 4.24. The first kappa shape index (κ1) is 12.3. The lowest BCUT2D eigenvalue weighted by atomic mass is 10.0. The third-order valence-corrected chi connectivity index (χ3v) is 4.92. The summed E-state index contributed by atoms with van der Waals surface area (Å²) < 4.78 is 0. The Balaban J connectivity index is 3.44. The van der Waals surface area contributed by atoms with E-state index in [2.05, 4.69) is 52.5 Å². The quantitative estimate of drug-likeness (QED) is 0.761. The topological polar surface area (TPSA) is 20.2 Å². The monoisotopic (exact) mass is 222 g/mol. The largest absolute Gasteiger partial charge is 0.508 e. The number of phenolic OH excluding ortho intramolecular Hbond substituents is 1. The molecule has 0 atom stereocenters. The molecule has 0 saturated carbocycles. The number of aryl methyl sites for hydroxylation is 1. The van der Waals surface area contributed by atoms with Crippen LogP contribution in [-0.4, -0.2) is 13.2 Å². The van der Waals surface area contributed by atoms with Crippen molar-refractivity contribution < 1.29 is 5.11 Å². The van der Waals surface area contributed by atoms with E-state index >= 15 is 0 Å².